The fraction of sp³-hybridized carbons (Fsp3) is 0.222. The number of rotatable bonds is 4. The van der Waals surface area contributed by atoms with Crippen LogP contribution in [0.1, 0.15) is 13.3 Å². The van der Waals surface area contributed by atoms with E-state index in [0.717, 1.165) is 0 Å². The molecule has 0 aliphatic heterocycles. The van der Waals surface area contributed by atoms with Gasteiger partial charge in [0.05, 0.1) is 15.5 Å². The number of carbonyl (C=O) groups is 1. The molecule has 1 rings (SSSR count). The topological polar surface area (TPSA) is 144 Å². The van der Waals surface area contributed by atoms with Crippen molar-refractivity contribution in [2.24, 2.45) is 0 Å². The summed E-state index contributed by atoms with van der Waals surface area (Å²) >= 11 is 0. The van der Waals surface area contributed by atoms with E-state index in [1.807, 2.05) is 0 Å². The van der Waals surface area contributed by atoms with Crippen LogP contribution in [0.15, 0.2) is 28.0 Å². The Labute approximate surface area is 109 Å². The Kier molecular flexibility index (Phi) is 4.30. The molecule has 0 atom stereocenters. The average Bonchev–Trinajstić information content (AvgIpc) is 2.26. The van der Waals surface area contributed by atoms with Gasteiger partial charge < -0.3 is 14.4 Å². The van der Waals surface area contributed by atoms with E-state index in [2.05, 4.69) is 5.32 Å². The minimum absolute atomic E-state index is 0.0211. The first-order chi connectivity index (χ1) is 8.55. The van der Waals surface area contributed by atoms with E-state index < -0.39 is 41.6 Å². The highest BCUT2D eigenvalue weighted by atomic mass is 32.2. The van der Waals surface area contributed by atoms with E-state index in [9.17, 15) is 30.7 Å². The van der Waals surface area contributed by atoms with Crippen molar-refractivity contribution in [2.75, 3.05) is 5.32 Å². The van der Waals surface area contributed by atoms with Crippen LogP contribution in [0, 0.1) is 0 Å². The predicted molar refractivity (Wildman–Crippen MR) is 61.3 cm³/mol. The fourth-order valence-corrected chi connectivity index (χ4v) is 2.33. The van der Waals surface area contributed by atoms with Crippen LogP contribution in [0.2, 0.25) is 0 Å². The molecule has 106 valence electrons. The highest BCUT2D eigenvalue weighted by molar-refractivity contribution is 7.86. The van der Waals surface area contributed by atoms with Crippen molar-refractivity contribution in [3.63, 3.8) is 0 Å². The second-order valence-electron chi connectivity index (χ2n) is 3.47. The van der Waals surface area contributed by atoms with Gasteiger partial charge in [-0.1, -0.05) is 6.92 Å². The van der Waals surface area contributed by atoms with E-state index in [-0.39, 0.29) is 6.42 Å². The van der Waals surface area contributed by atoms with Gasteiger partial charge in [-0.2, -0.15) is 0 Å². The smallest absolute Gasteiger partial charge is 0.224 e. The first kappa shape index (κ1) is 15.6. The summed E-state index contributed by atoms with van der Waals surface area (Å²) < 4.78 is 65.3. The minimum Gasteiger partial charge on any atom is -0.744 e. The molecule has 0 radical (unpaired) electrons. The molecule has 0 unspecified atom stereocenters. The zero-order chi connectivity index (χ0) is 14.8. The second-order valence-corrected chi connectivity index (χ2v) is 6.20. The molecule has 10 heteroatoms. The predicted octanol–water partition coefficient (Wildman–Crippen LogP) is -0.157. The quantitative estimate of drug-likeness (QED) is 0.761. The number of hydrogen-bond donors (Lipinski definition) is 1. The van der Waals surface area contributed by atoms with Crippen LogP contribution in [0.25, 0.3) is 0 Å². The summed E-state index contributed by atoms with van der Waals surface area (Å²) in [6, 6.07) is 1.99. The van der Waals surface area contributed by atoms with Crippen LogP contribution in [0.4, 0.5) is 5.69 Å². The molecule has 0 fully saturated rings. The molecule has 0 saturated heterocycles. The maximum Gasteiger partial charge on any atom is 0.224 e. The van der Waals surface area contributed by atoms with E-state index in [0.29, 0.717) is 18.2 Å². The van der Waals surface area contributed by atoms with Crippen molar-refractivity contribution in [1.29, 1.82) is 0 Å². The molecular weight excluding hydrogens is 298 g/mol. The molecule has 0 saturated carbocycles. The Morgan fingerprint density at radius 2 is 1.74 bits per heavy atom. The van der Waals surface area contributed by atoms with Crippen molar-refractivity contribution in [1.82, 2.24) is 0 Å². The van der Waals surface area contributed by atoms with E-state index >= 15 is 0 Å². The van der Waals surface area contributed by atoms with Gasteiger partial charge in [0.1, 0.15) is 20.2 Å². The molecule has 0 aromatic heterocycles. The second kappa shape index (κ2) is 5.25. The van der Waals surface area contributed by atoms with Crippen molar-refractivity contribution >= 4 is 31.8 Å². The molecular formula is C9H9NO7S2-2. The van der Waals surface area contributed by atoms with Crippen molar-refractivity contribution in [3.05, 3.63) is 18.2 Å². The van der Waals surface area contributed by atoms with Crippen molar-refractivity contribution in [3.8, 4) is 0 Å². The van der Waals surface area contributed by atoms with Crippen LogP contribution in [-0.2, 0) is 25.0 Å². The fourth-order valence-electron chi connectivity index (χ4n) is 1.22. The highest BCUT2D eigenvalue weighted by Crippen LogP contribution is 2.24. The van der Waals surface area contributed by atoms with E-state index in [1.165, 1.54) is 6.92 Å². The Bertz CT molecular complexity index is 706. The van der Waals surface area contributed by atoms with Gasteiger partial charge in [0.15, 0.2) is 0 Å². The van der Waals surface area contributed by atoms with Gasteiger partial charge >= 0.3 is 0 Å². The number of benzene rings is 1. The Balaban J connectivity index is 3.48. The average molecular weight is 307 g/mol. The first-order valence-electron chi connectivity index (χ1n) is 4.91. The van der Waals surface area contributed by atoms with E-state index in [1.54, 1.807) is 0 Å². The SMILES string of the molecule is CCC(=O)Nc1cc(S(=O)(=O)[O-])ccc1S(=O)(=O)[O-]. The largest absolute Gasteiger partial charge is 0.744 e. The Morgan fingerprint density at radius 3 is 2.16 bits per heavy atom. The summed E-state index contributed by atoms with van der Waals surface area (Å²) in [4.78, 5) is 9.64. The molecule has 0 heterocycles. The highest BCUT2D eigenvalue weighted by Gasteiger charge is 2.14. The number of nitrogens with one attached hydrogen (secondary N) is 1. The molecule has 0 aliphatic carbocycles. The van der Waals surface area contributed by atoms with Crippen molar-refractivity contribution < 1.29 is 30.7 Å². The summed E-state index contributed by atoms with van der Waals surface area (Å²) in [5.41, 5.74) is -0.529. The van der Waals surface area contributed by atoms with E-state index in [4.69, 9.17) is 0 Å². The molecule has 1 N–H and O–H groups in total. The number of hydrogen-bond acceptors (Lipinski definition) is 7. The van der Waals surface area contributed by atoms with Crippen molar-refractivity contribution in [2.45, 2.75) is 23.1 Å². The zero-order valence-corrected chi connectivity index (χ0v) is 11.2. The van der Waals surface area contributed by atoms with Gasteiger partial charge in [0, 0.05) is 6.42 Å². The van der Waals surface area contributed by atoms with Gasteiger partial charge in [-0.3, -0.25) is 4.79 Å². The summed E-state index contributed by atoms with van der Waals surface area (Å²) in [5, 5.41) is 2.06. The molecule has 1 aromatic rings. The third-order valence-electron chi connectivity index (χ3n) is 2.10. The first-order valence-corrected chi connectivity index (χ1v) is 7.73. The van der Waals surface area contributed by atoms with Gasteiger partial charge in [-0.25, -0.2) is 16.8 Å². The molecule has 0 bridgehead atoms. The standard InChI is InChI=1S/C9H11NO7S2/c1-2-9(11)10-7-5-6(18(12,13)14)3-4-8(7)19(15,16)17/h3-5H,2H2,1H3,(H,10,11)(H,12,13,14)(H,15,16,17)/p-2. The molecule has 8 nitrogen and oxygen atoms in total. The maximum absolute atomic E-state index is 11.2. The summed E-state index contributed by atoms with van der Waals surface area (Å²) in [6.45, 7) is 1.47. The Hall–Kier alpha value is -1.49. The van der Waals surface area contributed by atoms with Gasteiger partial charge in [-0.15, -0.1) is 0 Å². The minimum atomic E-state index is -4.91. The molecule has 1 amide bonds. The number of carbonyl (C=O) groups excluding carboxylic acids is 1. The summed E-state index contributed by atoms with van der Waals surface area (Å²) in [5.74, 6) is -0.634. The maximum atomic E-state index is 11.2. The van der Waals surface area contributed by atoms with Gasteiger partial charge in [0.2, 0.25) is 5.91 Å². The molecule has 0 aliphatic rings. The number of amides is 1. The lowest BCUT2D eigenvalue weighted by Crippen LogP contribution is -2.14. The Morgan fingerprint density at radius 1 is 1.16 bits per heavy atom. The lowest BCUT2D eigenvalue weighted by molar-refractivity contribution is -0.115. The lowest BCUT2D eigenvalue weighted by atomic mass is 10.3. The van der Waals surface area contributed by atoms with Crippen LogP contribution in [-0.4, -0.2) is 31.8 Å². The van der Waals surface area contributed by atoms with Crippen LogP contribution in [0.3, 0.4) is 0 Å². The molecule has 19 heavy (non-hydrogen) atoms. The zero-order valence-electron chi connectivity index (χ0n) is 9.61. The van der Waals surface area contributed by atoms with Gasteiger partial charge in [0.25, 0.3) is 0 Å². The molecule has 1 aromatic carbocycles. The van der Waals surface area contributed by atoms with Gasteiger partial charge in [-0.05, 0) is 18.2 Å². The molecule has 0 spiro atoms. The normalized spacial score (nSPS) is 12.2. The summed E-state index contributed by atoms with van der Waals surface area (Å²) in [7, 11) is -9.74. The summed E-state index contributed by atoms with van der Waals surface area (Å²) in [6.07, 6.45) is -0.0211. The van der Waals surface area contributed by atoms with Crippen LogP contribution >= 0.6 is 0 Å². The third-order valence-corrected chi connectivity index (χ3v) is 3.83. The van der Waals surface area contributed by atoms with Crippen LogP contribution in [0.5, 0.6) is 0 Å². The lowest BCUT2D eigenvalue weighted by Gasteiger charge is -2.16. The van der Waals surface area contributed by atoms with Crippen LogP contribution < -0.4 is 5.32 Å². The third kappa shape index (κ3) is 3.99. The number of anilines is 1. The monoisotopic (exact) mass is 307 g/mol.